The van der Waals surface area contributed by atoms with Gasteiger partial charge in [-0.15, -0.1) is 0 Å². The van der Waals surface area contributed by atoms with Gasteiger partial charge in [0.1, 0.15) is 0 Å². The lowest BCUT2D eigenvalue weighted by molar-refractivity contribution is -0.142. The molecule has 1 aliphatic heterocycles. The predicted molar refractivity (Wildman–Crippen MR) is 96.3 cm³/mol. The van der Waals surface area contributed by atoms with Gasteiger partial charge in [0, 0.05) is 19.4 Å². The molecule has 0 spiro atoms. The number of carbonyl (C=O) groups excluding carboxylic acids is 1. The van der Waals surface area contributed by atoms with Crippen LogP contribution in [0, 0.1) is 0 Å². The van der Waals surface area contributed by atoms with Crippen molar-refractivity contribution in [1.29, 1.82) is 0 Å². The van der Waals surface area contributed by atoms with E-state index in [-0.39, 0.29) is 11.9 Å². The number of benzene rings is 1. The van der Waals surface area contributed by atoms with Gasteiger partial charge in [0.2, 0.25) is 5.91 Å². The monoisotopic (exact) mass is 365 g/mol. The Kier molecular flexibility index (Phi) is 5.21. The van der Waals surface area contributed by atoms with Crippen molar-refractivity contribution in [1.82, 2.24) is 4.90 Å². The molecule has 1 aromatic rings. The van der Waals surface area contributed by atoms with Crippen LogP contribution in [-0.2, 0) is 24.8 Å². The number of sulfone groups is 1. The van der Waals surface area contributed by atoms with Crippen LogP contribution in [0.25, 0.3) is 0 Å². The van der Waals surface area contributed by atoms with Crippen molar-refractivity contribution >= 4 is 15.7 Å². The molecule has 0 unspecified atom stereocenters. The lowest BCUT2D eigenvalue weighted by Crippen LogP contribution is -2.53. The van der Waals surface area contributed by atoms with Crippen LogP contribution in [0.3, 0.4) is 0 Å². The van der Waals surface area contributed by atoms with E-state index < -0.39 is 15.3 Å². The van der Waals surface area contributed by atoms with E-state index in [1.165, 1.54) is 6.26 Å². The molecule has 1 saturated heterocycles. The molecule has 1 saturated carbocycles. The van der Waals surface area contributed by atoms with Gasteiger partial charge in [-0.25, -0.2) is 8.42 Å². The van der Waals surface area contributed by atoms with E-state index in [4.69, 9.17) is 4.74 Å². The fourth-order valence-corrected chi connectivity index (χ4v) is 4.61. The highest BCUT2D eigenvalue weighted by atomic mass is 32.2. The summed E-state index contributed by atoms with van der Waals surface area (Å²) in [6.07, 6.45) is 5.92. The Labute approximate surface area is 150 Å². The summed E-state index contributed by atoms with van der Waals surface area (Å²) in [5.41, 5.74) is 0.461. The third-order valence-electron chi connectivity index (χ3n) is 5.60. The number of likely N-dealkylation sites (tertiary alicyclic amines) is 1. The maximum atomic E-state index is 13.4. The van der Waals surface area contributed by atoms with Crippen molar-refractivity contribution in [3.63, 3.8) is 0 Å². The molecule has 25 heavy (non-hydrogen) atoms. The standard InChI is InChI=1S/C19H27NO4S/c1-3-24-14-16-6-4-13-20(16)18(21)19(11-5-12-19)15-7-9-17(10-8-15)25(2,22)23/h7-10,16H,3-6,11-14H2,1-2H3/t16-/m1/s1. The zero-order valence-corrected chi connectivity index (χ0v) is 15.8. The molecule has 0 bridgehead atoms. The zero-order valence-electron chi connectivity index (χ0n) is 15.0. The average Bonchev–Trinajstić information content (AvgIpc) is 3.00. The second kappa shape index (κ2) is 7.08. The van der Waals surface area contributed by atoms with Crippen LogP contribution >= 0.6 is 0 Å². The predicted octanol–water partition coefficient (Wildman–Crippen LogP) is 2.54. The van der Waals surface area contributed by atoms with Gasteiger partial charge in [0.15, 0.2) is 9.84 Å². The van der Waals surface area contributed by atoms with Crippen molar-refractivity contribution < 1.29 is 17.9 Å². The molecule has 1 heterocycles. The first-order valence-corrected chi connectivity index (χ1v) is 11.0. The lowest BCUT2D eigenvalue weighted by Gasteiger charge is -2.44. The average molecular weight is 365 g/mol. The van der Waals surface area contributed by atoms with Gasteiger partial charge in [-0.05, 0) is 50.3 Å². The summed E-state index contributed by atoms with van der Waals surface area (Å²) < 4.78 is 28.9. The highest BCUT2D eigenvalue weighted by Crippen LogP contribution is 2.46. The maximum Gasteiger partial charge on any atom is 0.233 e. The second-order valence-corrected chi connectivity index (χ2v) is 9.20. The van der Waals surface area contributed by atoms with Crippen LogP contribution in [0.2, 0.25) is 0 Å². The second-order valence-electron chi connectivity index (χ2n) is 7.19. The Bertz CT molecular complexity index is 722. The van der Waals surface area contributed by atoms with Gasteiger partial charge in [-0.2, -0.15) is 0 Å². The van der Waals surface area contributed by atoms with Crippen molar-refractivity contribution in [3.8, 4) is 0 Å². The molecule has 0 radical (unpaired) electrons. The molecule has 6 heteroatoms. The molecule has 0 aromatic heterocycles. The molecule has 1 aromatic carbocycles. The first-order chi connectivity index (χ1) is 11.9. The summed E-state index contributed by atoms with van der Waals surface area (Å²) in [7, 11) is -3.22. The Hall–Kier alpha value is -1.40. The topological polar surface area (TPSA) is 63.7 Å². The molecule has 3 rings (SSSR count). The lowest BCUT2D eigenvalue weighted by atomic mass is 9.63. The van der Waals surface area contributed by atoms with Gasteiger partial charge in [-0.3, -0.25) is 4.79 Å². The molecule has 1 amide bonds. The van der Waals surface area contributed by atoms with E-state index in [9.17, 15) is 13.2 Å². The van der Waals surface area contributed by atoms with E-state index in [1.54, 1.807) is 12.1 Å². The highest BCUT2D eigenvalue weighted by molar-refractivity contribution is 7.90. The van der Waals surface area contributed by atoms with Crippen molar-refractivity contribution in [2.45, 2.75) is 55.4 Å². The third kappa shape index (κ3) is 3.47. The molecular formula is C19H27NO4S. The van der Waals surface area contributed by atoms with Gasteiger partial charge in [-0.1, -0.05) is 18.6 Å². The van der Waals surface area contributed by atoms with Crippen LogP contribution in [0.1, 0.15) is 44.6 Å². The van der Waals surface area contributed by atoms with E-state index in [0.29, 0.717) is 18.1 Å². The SMILES string of the molecule is CCOC[C@H]1CCCN1C(=O)C1(c2ccc(S(C)(=O)=O)cc2)CCC1. The molecule has 2 aliphatic rings. The van der Waals surface area contributed by atoms with Crippen LogP contribution in [0.4, 0.5) is 0 Å². The van der Waals surface area contributed by atoms with Crippen molar-refractivity contribution in [3.05, 3.63) is 29.8 Å². The van der Waals surface area contributed by atoms with E-state index in [2.05, 4.69) is 0 Å². The first kappa shape index (κ1) is 18.4. The minimum absolute atomic E-state index is 0.167. The summed E-state index contributed by atoms with van der Waals surface area (Å²) in [5, 5.41) is 0. The Morgan fingerprint density at radius 2 is 1.92 bits per heavy atom. The fourth-order valence-electron chi connectivity index (χ4n) is 3.98. The number of hydrogen-bond acceptors (Lipinski definition) is 4. The van der Waals surface area contributed by atoms with Crippen LogP contribution in [0.5, 0.6) is 0 Å². The molecule has 138 valence electrons. The first-order valence-electron chi connectivity index (χ1n) is 9.08. The minimum atomic E-state index is -3.22. The quantitative estimate of drug-likeness (QED) is 0.777. The van der Waals surface area contributed by atoms with E-state index in [0.717, 1.165) is 44.2 Å². The fraction of sp³-hybridized carbons (Fsp3) is 0.632. The largest absolute Gasteiger partial charge is 0.380 e. The number of ether oxygens (including phenoxy) is 1. The van der Waals surface area contributed by atoms with Crippen LogP contribution < -0.4 is 0 Å². The summed E-state index contributed by atoms with van der Waals surface area (Å²) in [5.74, 6) is 0.188. The normalized spacial score (nSPS) is 22.6. The zero-order chi connectivity index (χ0) is 18.1. The molecule has 1 atom stereocenters. The van der Waals surface area contributed by atoms with Crippen LogP contribution in [-0.4, -0.2) is 51.3 Å². The number of amides is 1. The number of hydrogen-bond donors (Lipinski definition) is 0. The molecular weight excluding hydrogens is 338 g/mol. The molecule has 2 fully saturated rings. The smallest absolute Gasteiger partial charge is 0.233 e. The number of carbonyl (C=O) groups is 1. The Balaban J connectivity index is 1.84. The van der Waals surface area contributed by atoms with Crippen molar-refractivity contribution in [2.24, 2.45) is 0 Å². The van der Waals surface area contributed by atoms with E-state index in [1.807, 2.05) is 24.0 Å². The Morgan fingerprint density at radius 3 is 2.44 bits per heavy atom. The Morgan fingerprint density at radius 1 is 1.24 bits per heavy atom. The van der Waals surface area contributed by atoms with Gasteiger partial charge in [0.05, 0.1) is 23.0 Å². The van der Waals surface area contributed by atoms with Crippen molar-refractivity contribution in [2.75, 3.05) is 26.0 Å². The van der Waals surface area contributed by atoms with Gasteiger partial charge in [0.25, 0.3) is 0 Å². The maximum absolute atomic E-state index is 13.4. The van der Waals surface area contributed by atoms with E-state index >= 15 is 0 Å². The number of rotatable bonds is 6. The molecule has 1 aliphatic carbocycles. The summed E-state index contributed by atoms with van der Waals surface area (Å²) in [6.45, 7) is 4.03. The summed E-state index contributed by atoms with van der Waals surface area (Å²) in [4.78, 5) is 15.7. The summed E-state index contributed by atoms with van der Waals surface area (Å²) >= 11 is 0. The van der Waals surface area contributed by atoms with Gasteiger partial charge < -0.3 is 9.64 Å². The summed E-state index contributed by atoms with van der Waals surface area (Å²) in [6, 6.07) is 7.06. The van der Waals surface area contributed by atoms with Gasteiger partial charge >= 0.3 is 0 Å². The third-order valence-corrected chi connectivity index (χ3v) is 6.73. The number of nitrogens with zero attached hydrogens (tertiary/aromatic N) is 1. The molecule has 5 nitrogen and oxygen atoms in total. The van der Waals surface area contributed by atoms with Crippen LogP contribution in [0.15, 0.2) is 29.2 Å². The minimum Gasteiger partial charge on any atom is -0.380 e. The highest BCUT2D eigenvalue weighted by Gasteiger charge is 2.49. The molecule has 0 N–H and O–H groups in total.